The van der Waals surface area contributed by atoms with E-state index in [4.69, 9.17) is 5.73 Å². The van der Waals surface area contributed by atoms with Crippen LogP contribution in [0.3, 0.4) is 0 Å². The van der Waals surface area contributed by atoms with E-state index >= 15 is 0 Å². The molecule has 0 bridgehead atoms. The number of nitrogens with two attached hydrogens (primary N) is 1. The average Bonchev–Trinajstić information content (AvgIpc) is 2.90. The molecule has 0 saturated carbocycles. The highest BCUT2D eigenvalue weighted by Crippen LogP contribution is 2.18. The molecule has 1 heterocycles. The Kier molecular flexibility index (Phi) is 4.93. The molecule has 0 radical (unpaired) electrons. The Balaban J connectivity index is 1.98. The molecule has 0 unspecified atom stereocenters. The number of aryl methyl sites for hydroxylation is 1. The number of benzene rings is 1. The van der Waals surface area contributed by atoms with E-state index in [0.717, 1.165) is 10.4 Å². The van der Waals surface area contributed by atoms with Crippen LogP contribution in [-0.4, -0.2) is 15.0 Å². The molecule has 0 aliphatic carbocycles. The van der Waals surface area contributed by atoms with Crippen LogP contribution >= 0.6 is 11.3 Å². The van der Waals surface area contributed by atoms with Crippen LogP contribution < -0.4 is 10.5 Å². The lowest BCUT2D eigenvalue weighted by molar-refractivity contribution is 0.582. The molecule has 1 aromatic carbocycles. The summed E-state index contributed by atoms with van der Waals surface area (Å²) in [4.78, 5) is 1.16. The fourth-order valence-electron chi connectivity index (χ4n) is 1.90. The van der Waals surface area contributed by atoms with Gasteiger partial charge in [0, 0.05) is 23.3 Å². The number of sulfonamides is 1. The number of rotatable bonds is 6. The summed E-state index contributed by atoms with van der Waals surface area (Å²) in [5, 5.41) is 1.62. The predicted molar refractivity (Wildman–Crippen MR) is 82.3 cm³/mol. The van der Waals surface area contributed by atoms with E-state index in [0.29, 0.717) is 24.4 Å². The van der Waals surface area contributed by atoms with Crippen LogP contribution in [0, 0.1) is 6.92 Å². The molecule has 6 heteroatoms. The van der Waals surface area contributed by atoms with Crippen molar-refractivity contribution in [3.05, 3.63) is 51.7 Å². The van der Waals surface area contributed by atoms with Crippen molar-refractivity contribution < 1.29 is 8.42 Å². The molecule has 0 saturated heterocycles. The zero-order valence-electron chi connectivity index (χ0n) is 11.3. The van der Waals surface area contributed by atoms with Gasteiger partial charge in [0.15, 0.2) is 0 Å². The maximum atomic E-state index is 12.1. The van der Waals surface area contributed by atoms with E-state index in [1.807, 2.05) is 31.2 Å². The van der Waals surface area contributed by atoms with Crippen molar-refractivity contribution in [2.24, 2.45) is 5.73 Å². The van der Waals surface area contributed by atoms with E-state index in [9.17, 15) is 8.42 Å². The Morgan fingerprint density at radius 3 is 2.70 bits per heavy atom. The van der Waals surface area contributed by atoms with E-state index in [1.165, 1.54) is 16.9 Å². The molecule has 0 atom stereocenters. The number of hydrogen-bond acceptors (Lipinski definition) is 4. The van der Waals surface area contributed by atoms with Crippen molar-refractivity contribution >= 4 is 21.4 Å². The molecule has 0 fully saturated rings. The Labute approximate surface area is 123 Å². The molecule has 3 N–H and O–H groups in total. The maximum absolute atomic E-state index is 12.1. The first-order chi connectivity index (χ1) is 9.53. The van der Waals surface area contributed by atoms with E-state index in [2.05, 4.69) is 4.72 Å². The van der Waals surface area contributed by atoms with Crippen molar-refractivity contribution in [2.75, 3.05) is 6.54 Å². The predicted octanol–water partition coefficient (Wildman–Crippen LogP) is 2.04. The van der Waals surface area contributed by atoms with Gasteiger partial charge in [0.05, 0.1) is 4.90 Å². The van der Waals surface area contributed by atoms with Crippen LogP contribution in [0.5, 0.6) is 0 Å². The highest BCUT2D eigenvalue weighted by Gasteiger charge is 2.15. The largest absolute Gasteiger partial charge is 0.326 e. The molecule has 2 rings (SSSR count). The van der Waals surface area contributed by atoms with Crippen molar-refractivity contribution in [2.45, 2.75) is 24.8 Å². The van der Waals surface area contributed by atoms with Crippen LogP contribution in [-0.2, 0) is 23.0 Å². The second kappa shape index (κ2) is 6.49. The van der Waals surface area contributed by atoms with Gasteiger partial charge in [-0.1, -0.05) is 24.3 Å². The summed E-state index contributed by atoms with van der Waals surface area (Å²) in [6.45, 7) is 2.78. The maximum Gasteiger partial charge on any atom is 0.241 e. The molecule has 4 nitrogen and oxygen atoms in total. The van der Waals surface area contributed by atoms with Gasteiger partial charge in [-0.15, -0.1) is 11.3 Å². The third-order valence-corrected chi connectivity index (χ3v) is 5.64. The summed E-state index contributed by atoms with van der Waals surface area (Å²) in [5.74, 6) is 0. The SMILES string of the molecule is Cc1ccccc1CCNS(=O)(=O)c1csc(CN)c1. The molecule has 0 amide bonds. The van der Waals surface area contributed by atoms with Gasteiger partial charge in [-0.25, -0.2) is 13.1 Å². The van der Waals surface area contributed by atoms with E-state index < -0.39 is 10.0 Å². The Morgan fingerprint density at radius 2 is 2.05 bits per heavy atom. The minimum absolute atomic E-state index is 0.299. The lowest BCUT2D eigenvalue weighted by Crippen LogP contribution is -2.25. The van der Waals surface area contributed by atoms with Crippen molar-refractivity contribution in [3.8, 4) is 0 Å². The van der Waals surface area contributed by atoms with Gasteiger partial charge in [0.25, 0.3) is 0 Å². The first kappa shape index (κ1) is 15.2. The lowest BCUT2D eigenvalue weighted by Gasteiger charge is -2.07. The van der Waals surface area contributed by atoms with Gasteiger partial charge in [0.1, 0.15) is 0 Å². The smallest absolute Gasteiger partial charge is 0.241 e. The second-order valence-corrected chi connectivity index (χ2v) is 7.29. The third-order valence-electron chi connectivity index (χ3n) is 3.09. The zero-order chi connectivity index (χ0) is 14.6. The van der Waals surface area contributed by atoms with Gasteiger partial charge in [-0.05, 0) is 30.5 Å². The molecule has 0 aliphatic rings. The molecule has 20 heavy (non-hydrogen) atoms. The van der Waals surface area contributed by atoms with Crippen LogP contribution in [0.1, 0.15) is 16.0 Å². The summed E-state index contributed by atoms with van der Waals surface area (Å²) in [6, 6.07) is 9.60. The van der Waals surface area contributed by atoms with Crippen LogP contribution in [0.25, 0.3) is 0 Å². The van der Waals surface area contributed by atoms with Crippen molar-refractivity contribution in [3.63, 3.8) is 0 Å². The summed E-state index contributed by atoms with van der Waals surface area (Å²) >= 11 is 1.36. The summed E-state index contributed by atoms with van der Waals surface area (Å²) in [6.07, 6.45) is 0.680. The molecule has 108 valence electrons. The third kappa shape index (κ3) is 3.67. The standard InChI is InChI=1S/C14H18N2O2S2/c1-11-4-2-3-5-12(11)6-7-16-20(17,18)14-8-13(9-15)19-10-14/h2-5,8,10,16H,6-7,9,15H2,1H3. The van der Waals surface area contributed by atoms with Gasteiger partial charge in [-0.2, -0.15) is 0 Å². The van der Waals surface area contributed by atoms with Gasteiger partial charge >= 0.3 is 0 Å². The van der Waals surface area contributed by atoms with E-state index in [-0.39, 0.29) is 0 Å². The first-order valence-electron chi connectivity index (χ1n) is 6.34. The molecule has 2 aromatic rings. The van der Waals surface area contributed by atoms with Gasteiger partial charge in [0.2, 0.25) is 10.0 Å². The number of nitrogens with one attached hydrogen (secondary N) is 1. The number of thiophene rings is 1. The number of hydrogen-bond donors (Lipinski definition) is 2. The minimum atomic E-state index is -3.43. The summed E-state index contributed by atoms with van der Waals surface area (Å²) < 4.78 is 26.8. The Morgan fingerprint density at radius 1 is 1.30 bits per heavy atom. The Bertz CT molecular complexity index is 678. The van der Waals surface area contributed by atoms with Gasteiger partial charge in [-0.3, -0.25) is 0 Å². The average molecular weight is 310 g/mol. The lowest BCUT2D eigenvalue weighted by atomic mass is 10.1. The molecule has 0 aliphatic heterocycles. The zero-order valence-corrected chi connectivity index (χ0v) is 12.9. The fraction of sp³-hybridized carbons (Fsp3) is 0.286. The van der Waals surface area contributed by atoms with Crippen molar-refractivity contribution in [1.29, 1.82) is 0 Å². The normalized spacial score (nSPS) is 11.7. The van der Waals surface area contributed by atoms with Crippen molar-refractivity contribution in [1.82, 2.24) is 4.72 Å². The topological polar surface area (TPSA) is 72.2 Å². The highest BCUT2D eigenvalue weighted by atomic mass is 32.2. The monoisotopic (exact) mass is 310 g/mol. The molecule has 0 spiro atoms. The van der Waals surface area contributed by atoms with Gasteiger partial charge < -0.3 is 5.73 Å². The summed E-state index contributed by atoms with van der Waals surface area (Å²) in [7, 11) is -3.43. The quantitative estimate of drug-likeness (QED) is 0.857. The summed E-state index contributed by atoms with van der Waals surface area (Å²) in [5.41, 5.74) is 7.82. The molecular formula is C14H18N2O2S2. The second-order valence-electron chi connectivity index (χ2n) is 4.53. The highest BCUT2D eigenvalue weighted by molar-refractivity contribution is 7.89. The molecule has 1 aromatic heterocycles. The Hall–Kier alpha value is -1.21. The van der Waals surface area contributed by atoms with Crippen LogP contribution in [0.15, 0.2) is 40.6 Å². The first-order valence-corrected chi connectivity index (χ1v) is 8.71. The fourth-order valence-corrected chi connectivity index (χ4v) is 4.09. The van der Waals surface area contributed by atoms with Crippen LogP contribution in [0.4, 0.5) is 0 Å². The van der Waals surface area contributed by atoms with Crippen LogP contribution in [0.2, 0.25) is 0 Å². The van der Waals surface area contributed by atoms with E-state index in [1.54, 1.807) is 11.4 Å². The molecular weight excluding hydrogens is 292 g/mol. The minimum Gasteiger partial charge on any atom is -0.326 e.